The van der Waals surface area contributed by atoms with Crippen LogP contribution in [-0.4, -0.2) is 23.5 Å². The highest BCUT2D eigenvalue weighted by Gasteiger charge is 2.26. The number of unbranched alkanes of at least 4 members (excludes halogenated alkanes) is 2. The molecule has 0 radical (unpaired) electrons. The number of ether oxygens (including phenoxy) is 4. The Balaban J connectivity index is 0.623. The van der Waals surface area contributed by atoms with Crippen LogP contribution in [0.4, 0.5) is 94.9 Å². The van der Waals surface area contributed by atoms with Gasteiger partial charge in [0, 0.05) is 85.3 Å². The fourth-order valence-electron chi connectivity index (χ4n) is 15.1. The highest BCUT2D eigenvalue weighted by Crippen LogP contribution is 2.44. The molecule has 0 aromatic heterocycles. The molecule has 0 saturated carbocycles. The molecule has 0 heterocycles. The van der Waals surface area contributed by atoms with Crippen molar-refractivity contribution in [3.8, 4) is 44.5 Å². The molecule has 15 aromatic rings. The zero-order valence-corrected chi connectivity index (χ0v) is 68.4. The number of anilines is 15. The summed E-state index contributed by atoms with van der Waals surface area (Å²) in [6.45, 7) is 12.0. The van der Waals surface area contributed by atoms with E-state index in [2.05, 4.69) is 378 Å². The van der Waals surface area contributed by atoms with Crippen LogP contribution in [0, 0.1) is 0 Å². The SMILES string of the molecule is CCCCC(C)(C)OC(=O)OCc1ccc(N(c2ccc(COC(=O)OC(C)(C)CCCC)cc2)c2ccc(-c3ccc(N(c4ccccc4)c4ccc(-c5ccc(N(c6ccccc6)c6ccc(-c7ccc(N(c8ccccc8)c8ccc(-c9ccc(N(c%10ccccc%10)c%10ccccc%10)cc9)cc8)cc7)cc6)cc5)cc4)cc3)cc2)cc1. The normalized spacial score (nSPS) is 11.3. The van der Waals surface area contributed by atoms with E-state index in [0.29, 0.717) is 0 Å². The van der Waals surface area contributed by atoms with Crippen molar-refractivity contribution >= 4 is 97.6 Å². The van der Waals surface area contributed by atoms with E-state index in [1.807, 2.05) is 82.3 Å². The molecule has 0 bridgehead atoms. The first-order valence-electron chi connectivity index (χ1n) is 41.2. The van der Waals surface area contributed by atoms with E-state index in [1.54, 1.807) is 0 Å². The van der Waals surface area contributed by atoms with E-state index in [1.165, 1.54) is 0 Å². The summed E-state index contributed by atoms with van der Waals surface area (Å²) in [5, 5.41) is 0. The van der Waals surface area contributed by atoms with E-state index in [0.717, 1.165) is 179 Å². The average Bonchev–Trinajstić information content (AvgIpc) is 0.796. The minimum Gasteiger partial charge on any atom is -0.429 e. The number of rotatable bonds is 31. The Morgan fingerprint density at radius 3 is 0.529 bits per heavy atom. The minimum atomic E-state index is -0.684. The summed E-state index contributed by atoms with van der Waals surface area (Å²) >= 11 is 0. The van der Waals surface area contributed by atoms with Gasteiger partial charge in [0.15, 0.2) is 0 Å². The van der Waals surface area contributed by atoms with E-state index in [4.69, 9.17) is 18.9 Å². The van der Waals surface area contributed by atoms with Gasteiger partial charge in [-0.25, -0.2) is 9.59 Å². The van der Waals surface area contributed by atoms with Crippen LogP contribution in [0.5, 0.6) is 0 Å². The molecule has 11 nitrogen and oxygen atoms in total. The number of nitrogens with zero attached hydrogens (tertiary/aromatic N) is 5. The van der Waals surface area contributed by atoms with Crippen molar-refractivity contribution in [1.82, 2.24) is 0 Å². The molecule has 592 valence electrons. The Hall–Kier alpha value is -14.2. The Morgan fingerprint density at radius 1 is 0.218 bits per heavy atom. The third-order valence-electron chi connectivity index (χ3n) is 21.5. The summed E-state index contributed by atoms with van der Waals surface area (Å²) < 4.78 is 22.6. The lowest BCUT2D eigenvalue weighted by Crippen LogP contribution is -2.28. The first kappa shape index (κ1) is 80.0. The second-order valence-electron chi connectivity index (χ2n) is 31.1. The summed E-state index contributed by atoms with van der Waals surface area (Å²) in [6.07, 6.45) is 4.08. The zero-order chi connectivity index (χ0) is 81.9. The standard InChI is InChI=1S/C108H99N5O6/c1-7-9-76-107(3,4)118-105(114)116-78-80-36-56-95(57-37-80)113(96-58-38-81(39-59-96)79-117-106(115)119-108(5,6)77-10-8-2)104-74-54-89(55-75-104)88-52-72-103(73-53-88)112(94-34-24-15-25-35-94)102-70-50-87(51-71-102)86-48-68-101(69-49-86)111(93-32-22-14-23-33-93)100-66-46-85(47-67-100)84-44-64-99(65-45-84)110(92-30-20-13-21-31-92)98-62-42-83(43-63-98)82-40-60-97(61-41-82)109(90-26-16-11-17-27-90)91-28-18-12-19-29-91/h11-75H,7-10,76-79H2,1-6H3. The molecule has 15 rings (SSSR count). The van der Waals surface area contributed by atoms with Crippen LogP contribution in [0.25, 0.3) is 44.5 Å². The molecular weight excluding hydrogens is 1460 g/mol. The molecule has 11 heteroatoms. The molecule has 0 atom stereocenters. The number of benzene rings is 15. The van der Waals surface area contributed by atoms with Gasteiger partial charge in [-0.05, 0) is 291 Å². The number of carbonyl (C=O) groups is 2. The van der Waals surface area contributed by atoms with Crippen molar-refractivity contribution < 1.29 is 28.5 Å². The van der Waals surface area contributed by atoms with Crippen molar-refractivity contribution in [2.24, 2.45) is 0 Å². The van der Waals surface area contributed by atoms with Crippen molar-refractivity contribution in [3.63, 3.8) is 0 Å². The molecule has 119 heavy (non-hydrogen) atoms. The van der Waals surface area contributed by atoms with Crippen LogP contribution in [0.3, 0.4) is 0 Å². The van der Waals surface area contributed by atoms with Gasteiger partial charge in [0.25, 0.3) is 0 Å². The Labute approximate surface area is 700 Å². The largest absolute Gasteiger partial charge is 0.509 e. The van der Waals surface area contributed by atoms with Crippen LogP contribution >= 0.6 is 0 Å². The Kier molecular flexibility index (Phi) is 25.3. The fraction of sp³-hybridized carbons (Fsp3) is 0.148. The van der Waals surface area contributed by atoms with E-state index < -0.39 is 23.5 Å². The van der Waals surface area contributed by atoms with Crippen LogP contribution in [0.2, 0.25) is 0 Å². The Morgan fingerprint density at radius 2 is 0.370 bits per heavy atom. The quantitative estimate of drug-likeness (QED) is 0.0389. The van der Waals surface area contributed by atoms with Gasteiger partial charge in [0.2, 0.25) is 0 Å². The number of para-hydroxylation sites is 5. The lowest BCUT2D eigenvalue weighted by Gasteiger charge is -2.27. The van der Waals surface area contributed by atoms with Crippen LogP contribution in [0.1, 0.15) is 91.2 Å². The van der Waals surface area contributed by atoms with Gasteiger partial charge in [0.05, 0.1) is 0 Å². The highest BCUT2D eigenvalue weighted by atomic mass is 16.7. The van der Waals surface area contributed by atoms with Gasteiger partial charge in [-0.15, -0.1) is 0 Å². The molecule has 0 unspecified atom stereocenters. The smallest absolute Gasteiger partial charge is 0.429 e. The number of hydrogen-bond donors (Lipinski definition) is 0. The third-order valence-corrected chi connectivity index (χ3v) is 21.5. The maximum absolute atomic E-state index is 12.8. The lowest BCUT2D eigenvalue weighted by molar-refractivity contribution is -0.0255. The average molecular weight is 1560 g/mol. The monoisotopic (exact) mass is 1560 g/mol. The second-order valence-corrected chi connectivity index (χ2v) is 31.1. The summed E-state index contributed by atoms with van der Waals surface area (Å²) in [6, 6.07) is 139. The predicted molar refractivity (Wildman–Crippen MR) is 491 cm³/mol. The highest BCUT2D eigenvalue weighted by molar-refractivity contribution is 5.86. The predicted octanol–water partition coefficient (Wildman–Crippen LogP) is 30.9. The fourth-order valence-corrected chi connectivity index (χ4v) is 15.1. The molecule has 0 spiro atoms. The molecular formula is C108H99N5O6. The van der Waals surface area contributed by atoms with Crippen molar-refractivity contribution in [2.45, 2.75) is 104 Å². The summed E-state index contributed by atoms with van der Waals surface area (Å²) in [7, 11) is 0. The van der Waals surface area contributed by atoms with Crippen molar-refractivity contribution in [1.29, 1.82) is 0 Å². The van der Waals surface area contributed by atoms with Gasteiger partial charge >= 0.3 is 12.3 Å². The molecule has 0 aliphatic rings. The van der Waals surface area contributed by atoms with Crippen LogP contribution in [0.15, 0.2) is 394 Å². The van der Waals surface area contributed by atoms with Crippen molar-refractivity contribution in [2.75, 3.05) is 24.5 Å². The maximum atomic E-state index is 12.8. The maximum Gasteiger partial charge on any atom is 0.509 e. The van der Waals surface area contributed by atoms with Gasteiger partial charge in [-0.2, -0.15) is 0 Å². The lowest BCUT2D eigenvalue weighted by atomic mass is 10.0. The van der Waals surface area contributed by atoms with E-state index in [-0.39, 0.29) is 13.2 Å². The van der Waals surface area contributed by atoms with Gasteiger partial charge in [-0.1, -0.05) is 239 Å². The first-order valence-corrected chi connectivity index (χ1v) is 41.2. The Bertz CT molecular complexity index is 5610. The first-order chi connectivity index (χ1) is 58.2. The molecule has 0 saturated heterocycles. The molecule has 0 aliphatic heterocycles. The summed E-state index contributed by atoms with van der Waals surface area (Å²) in [5.41, 5.74) is 24.8. The van der Waals surface area contributed by atoms with Gasteiger partial charge in [0.1, 0.15) is 24.4 Å². The summed E-state index contributed by atoms with van der Waals surface area (Å²) in [5.74, 6) is 0. The minimum absolute atomic E-state index is 0.0716. The third kappa shape index (κ3) is 20.0. The molecule has 15 aromatic carbocycles. The molecule has 0 aliphatic carbocycles. The van der Waals surface area contributed by atoms with E-state index >= 15 is 0 Å². The molecule has 0 fully saturated rings. The molecule has 0 N–H and O–H groups in total. The van der Waals surface area contributed by atoms with Gasteiger partial charge < -0.3 is 43.4 Å². The number of carbonyl (C=O) groups excluding carboxylic acids is 2. The topological polar surface area (TPSA) is 87.3 Å². The summed E-state index contributed by atoms with van der Waals surface area (Å²) in [4.78, 5) is 37.0. The number of hydrogen-bond acceptors (Lipinski definition) is 11. The van der Waals surface area contributed by atoms with Crippen LogP contribution in [-0.2, 0) is 32.2 Å². The zero-order valence-electron chi connectivity index (χ0n) is 68.4. The molecule has 0 amide bonds. The van der Waals surface area contributed by atoms with Gasteiger partial charge in [-0.3, -0.25) is 0 Å². The van der Waals surface area contributed by atoms with Crippen LogP contribution < -0.4 is 24.5 Å². The second kappa shape index (κ2) is 37.6. The van der Waals surface area contributed by atoms with E-state index in [9.17, 15) is 9.59 Å². The van der Waals surface area contributed by atoms with Crippen molar-refractivity contribution in [3.05, 3.63) is 405 Å².